The lowest BCUT2D eigenvalue weighted by Crippen LogP contribution is -2.01. The zero-order chi connectivity index (χ0) is 9.52. The molecule has 68 valence electrons. The summed E-state index contributed by atoms with van der Waals surface area (Å²) in [6.45, 7) is 0.307. The Morgan fingerprint density at radius 1 is 1.38 bits per heavy atom. The first-order valence-corrected chi connectivity index (χ1v) is 3.93. The molecule has 0 amide bonds. The van der Waals surface area contributed by atoms with Crippen molar-refractivity contribution in [3.8, 4) is 0 Å². The van der Waals surface area contributed by atoms with Gasteiger partial charge in [0.1, 0.15) is 0 Å². The van der Waals surface area contributed by atoms with Gasteiger partial charge in [-0.15, -0.1) is 0 Å². The topological polar surface area (TPSA) is 55.5 Å². The van der Waals surface area contributed by atoms with Crippen LogP contribution in [0.15, 0.2) is 35.3 Å². The highest BCUT2D eigenvalue weighted by molar-refractivity contribution is 5.58. The van der Waals surface area contributed by atoms with Gasteiger partial charge >= 0.3 is 0 Å². The van der Waals surface area contributed by atoms with Crippen LogP contribution in [-0.2, 0) is 6.54 Å². The molecule has 0 aromatic heterocycles. The molecule has 0 fully saturated rings. The van der Waals surface area contributed by atoms with Gasteiger partial charge in [-0.3, -0.25) is 15.1 Å². The first-order chi connectivity index (χ1) is 6.29. The number of hydrogen-bond donors (Lipinski definition) is 0. The fraction of sp³-hybridized carbons (Fsp3) is 0.222. The smallest absolute Gasteiger partial charge is 0.238 e. The van der Waals surface area contributed by atoms with Crippen molar-refractivity contribution in [1.82, 2.24) is 0 Å². The molecule has 4 heteroatoms. The normalized spacial score (nSPS) is 10.5. The van der Waals surface area contributed by atoms with E-state index in [1.807, 2.05) is 30.3 Å². The van der Waals surface area contributed by atoms with Gasteiger partial charge in [-0.05, 0) is 5.56 Å². The van der Waals surface area contributed by atoms with Crippen molar-refractivity contribution in [2.75, 3.05) is 6.54 Å². The zero-order valence-corrected chi connectivity index (χ0v) is 7.09. The van der Waals surface area contributed by atoms with Crippen molar-refractivity contribution in [3.63, 3.8) is 0 Å². The van der Waals surface area contributed by atoms with Gasteiger partial charge in [0, 0.05) is 4.92 Å². The average molecular weight is 178 g/mol. The maximum absolute atomic E-state index is 9.92. The summed E-state index contributed by atoms with van der Waals surface area (Å²) in [6.07, 6.45) is 1.33. The summed E-state index contributed by atoms with van der Waals surface area (Å²) in [5.74, 6) is 0. The fourth-order valence-corrected chi connectivity index (χ4v) is 0.878. The summed E-state index contributed by atoms with van der Waals surface area (Å²) in [7, 11) is 0. The molecule has 1 aromatic carbocycles. The maximum Gasteiger partial charge on any atom is 0.238 e. The third kappa shape index (κ3) is 4.00. The number of rotatable bonds is 4. The SMILES string of the molecule is O=[N+]([O-])CC=NCc1ccccc1. The number of aliphatic imine (C=N–C) groups is 1. The van der Waals surface area contributed by atoms with Crippen molar-refractivity contribution in [2.24, 2.45) is 4.99 Å². The molecule has 0 radical (unpaired) electrons. The van der Waals surface area contributed by atoms with E-state index in [-0.39, 0.29) is 6.54 Å². The maximum atomic E-state index is 9.92. The molecule has 13 heavy (non-hydrogen) atoms. The Morgan fingerprint density at radius 3 is 2.69 bits per heavy atom. The molecule has 1 aromatic rings. The van der Waals surface area contributed by atoms with Crippen LogP contribution in [0, 0.1) is 10.1 Å². The number of hydrogen-bond acceptors (Lipinski definition) is 3. The highest BCUT2D eigenvalue weighted by atomic mass is 16.6. The van der Waals surface area contributed by atoms with E-state index in [4.69, 9.17) is 0 Å². The lowest BCUT2D eigenvalue weighted by atomic mass is 10.2. The van der Waals surface area contributed by atoms with Crippen LogP contribution < -0.4 is 0 Å². The Kier molecular flexibility index (Phi) is 3.63. The quantitative estimate of drug-likeness (QED) is 0.399. The summed E-state index contributed by atoms with van der Waals surface area (Å²) in [4.78, 5) is 13.4. The molecule has 0 saturated heterocycles. The van der Waals surface area contributed by atoms with E-state index in [2.05, 4.69) is 4.99 Å². The average Bonchev–Trinajstić information content (AvgIpc) is 2.14. The summed E-state index contributed by atoms with van der Waals surface area (Å²) in [5, 5.41) is 9.92. The van der Waals surface area contributed by atoms with Crippen LogP contribution >= 0.6 is 0 Å². The molecule has 0 aliphatic heterocycles. The van der Waals surface area contributed by atoms with E-state index in [0.29, 0.717) is 6.54 Å². The van der Waals surface area contributed by atoms with Crippen LogP contribution in [0.25, 0.3) is 0 Å². The highest BCUT2D eigenvalue weighted by Crippen LogP contribution is 1.98. The van der Waals surface area contributed by atoms with Crippen LogP contribution in [0.2, 0.25) is 0 Å². The standard InChI is InChI=1S/C9H10N2O2/c12-11(13)7-6-10-8-9-4-2-1-3-5-9/h1-6H,7-8H2. The molecule has 0 aliphatic rings. The first-order valence-electron chi connectivity index (χ1n) is 3.93. The van der Waals surface area contributed by atoms with Crippen LogP contribution in [0.1, 0.15) is 5.56 Å². The van der Waals surface area contributed by atoms with Crippen molar-refractivity contribution in [2.45, 2.75) is 6.54 Å². The number of nitrogens with zero attached hydrogens (tertiary/aromatic N) is 2. The van der Waals surface area contributed by atoms with Crippen molar-refractivity contribution >= 4 is 6.21 Å². The molecule has 0 spiro atoms. The predicted molar refractivity (Wildman–Crippen MR) is 50.5 cm³/mol. The molecular formula is C9H10N2O2. The second-order valence-corrected chi connectivity index (χ2v) is 2.52. The summed E-state index contributed by atoms with van der Waals surface area (Å²) in [6, 6.07) is 9.62. The van der Waals surface area contributed by atoms with E-state index in [9.17, 15) is 10.1 Å². The minimum Gasteiger partial charge on any atom is -0.286 e. The van der Waals surface area contributed by atoms with E-state index in [0.717, 1.165) is 5.56 Å². The molecule has 0 unspecified atom stereocenters. The van der Waals surface area contributed by atoms with Crippen molar-refractivity contribution in [1.29, 1.82) is 0 Å². The fourth-order valence-electron chi connectivity index (χ4n) is 0.878. The molecule has 0 atom stereocenters. The Morgan fingerprint density at radius 2 is 2.08 bits per heavy atom. The third-order valence-electron chi connectivity index (χ3n) is 1.48. The molecule has 4 nitrogen and oxygen atoms in total. The third-order valence-corrected chi connectivity index (χ3v) is 1.48. The lowest BCUT2D eigenvalue weighted by molar-refractivity contribution is -0.462. The van der Waals surface area contributed by atoms with Crippen molar-refractivity contribution < 1.29 is 4.92 Å². The Labute approximate surface area is 76.1 Å². The summed E-state index contributed by atoms with van der Waals surface area (Å²) in [5.41, 5.74) is 1.06. The Bertz CT molecular complexity index is 296. The van der Waals surface area contributed by atoms with E-state index < -0.39 is 4.92 Å². The van der Waals surface area contributed by atoms with Crippen LogP contribution in [-0.4, -0.2) is 17.7 Å². The van der Waals surface area contributed by atoms with Gasteiger partial charge in [0.2, 0.25) is 6.54 Å². The van der Waals surface area contributed by atoms with Gasteiger partial charge in [0.15, 0.2) is 0 Å². The number of nitro groups is 1. The highest BCUT2D eigenvalue weighted by Gasteiger charge is 1.89. The van der Waals surface area contributed by atoms with E-state index in [1.54, 1.807) is 0 Å². The van der Waals surface area contributed by atoms with Crippen LogP contribution in [0.3, 0.4) is 0 Å². The second kappa shape index (κ2) is 5.03. The van der Waals surface area contributed by atoms with Crippen molar-refractivity contribution in [3.05, 3.63) is 46.0 Å². The Balaban J connectivity index is 2.35. The van der Waals surface area contributed by atoms with Gasteiger partial charge < -0.3 is 0 Å². The first kappa shape index (κ1) is 9.38. The summed E-state index contributed by atoms with van der Waals surface area (Å²) >= 11 is 0. The molecule has 0 bridgehead atoms. The van der Waals surface area contributed by atoms with Gasteiger partial charge in [-0.1, -0.05) is 30.3 Å². The number of benzene rings is 1. The molecule has 0 heterocycles. The minimum atomic E-state index is -0.408. The molecule has 0 saturated carbocycles. The zero-order valence-electron chi connectivity index (χ0n) is 7.09. The molecule has 1 rings (SSSR count). The second-order valence-electron chi connectivity index (χ2n) is 2.52. The lowest BCUT2D eigenvalue weighted by Gasteiger charge is -1.92. The molecule has 0 N–H and O–H groups in total. The summed E-state index contributed by atoms with van der Waals surface area (Å²) < 4.78 is 0. The molecule has 0 aliphatic carbocycles. The minimum absolute atomic E-state index is 0.202. The van der Waals surface area contributed by atoms with E-state index in [1.165, 1.54) is 6.21 Å². The van der Waals surface area contributed by atoms with Crippen LogP contribution in [0.4, 0.5) is 0 Å². The van der Waals surface area contributed by atoms with E-state index >= 15 is 0 Å². The van der Waals surface area contributed by atoms with Gasteiger partial charge in [0.25, 0.3) is 0 Å². The molecular weight excluding hydrogens is 168 g/mol. The van der Waals surface area contributed by atoms with Gasteiger partial charge in [-0.25, -0.2) is 0 Å². The predicted octanol–water partition coefficient (Wildman–Crippen LogP) is 1.53. The van der Waals surface area contributed by atoms with Gasteiger partial charge in [0.05, 0.1) is 12.8 Å². The largest absolute Gasteiger partial charge is 0.286 e. The Hall–Kier alpha value is -1.71. The van der Waals surface area contributed by atoms with Gasteiger partial charge in [-0.2, -0.15) is 0 Å². The monoisotopic (exact) mass is 178 g/mol. The van der Waals surface area contributed by atoms with Crippen LogP contribution in [0.5, 0.6) is 0 Å².